The van der Waals surface area contributed by atoms with Gasteiger partial charge < -0.3 is 15.4 Å². The van der Waals surface area contributed by atoms with E-state index in [4.69, 9.17) is 4.74 Å². The van der Waals surface area contributed by atoms with Crippen LogP contribution >= 0.6 is 0 Å². The molecule has 0 aromatic heterocycles. The fourth-order valence-electron chi connectivity index (χ4n) is 2.15. The minimum atomic E-state index is -0.435. The zero-order chi connectivity index (χ0) is 17.9. The van der Waals surface area contributed by atoms with Crippen molar-refractivity contribution in [1.29, 1.82) is 0 Å². The smallest absolute Gasteiger partial charge is 0.269 e. The summed E-state index contributed by atoms with van der Waals surface area (Å²) in [7, 11) is 0. The summed E-state index contributed by atoms with van der Waals surface area (Å²) in [5, 5.41) is 16.5. The minimum absolute atomic E-state index is 0.0258. The van der Waals surface area contributed by atoms with Gasteiger partial charge >= 0.3 is 0 Å². The highest BCUT2D eigenvalue weighted by Gasteiger charge is 2.04. The lowest BCUT2D eigenvalue weighted by atomic mass is 10.2. The molecular formula is C18H21N3O4. The Morgan fingerprint density at radius 3 is 2.44 bits per heavy atom. The second-order valence-corrected chi connectivity index (χ2v) is 5.35. The molecule has 0 atom stereocenters. The third kappa shape index (κ3) is 6.90. The number of nitro groups is 1. The summed E-state index contributed by atoms with van der Waals surface area (Å²) >= 11 is 0. The molecule has 0 saturated heterocycles. The maximum absolute atomic E-state index is 11.7. The molecule has 2 N–H and O–H groups in total. The highest BCUT2D eigenvalue weighted by Crippen LogP contribution is 2.15. The first-order valence-corrected chi connectivity index (χ1v) is 8.08. The van der Waals surface area contributed by atoms with Gasteiger partial charge in [-0.25, -0.2) is 0 Å². The zero-order valence-corrected chi connectivity index (χ0v) is 13.8. The van der Waals surface area contributed by atoms with E-state index in [1.165, 1.54) is 12.1 Å². The number of rotatable bonds is 10. The second-order valence-electron chi connectivity index (χ2n) is 5.35. The molecule has 7 nitrogen and oxygen atoms in total. The molecule has 0 unspecified atom stereocenters. The van der Waals surface area contributed by atoms with Crippen LogP contribution in [0.3, 0.4) is 0 Å². The van der Waals surface area contributed by atoms with Crippen LogP contribution in [0.4, 0.5) is 11.4 Å². The van der Waals surface area contributed by atoms with E-state index in [0.29, 0.717) is 32.5 Å². The fraction of sp³-hybridized carbons (Fsp3) is 0.278. The van der Waals surface area contributed by atoms with Crippen molar-refractivity contribution in [2.75, 3.05) is 25.0 Å². The van der Waals surface area contributed by atoms with Crippen LogP contribution in [-0.2, 0) is 4.79 Å². The average Bonchev–Trinajstić information content (AvgIpc) is 2.63. The largest absolute Gasteiger partial charge is 0.492 e. The van der Waals surface area contributed by atoms with E-state index in [1.54, 1.807) is 12.1 Å². The normalized spacial score (nSPS) is 10.1. The number of non-ortho nitro benzene ring substituents is 1. The van der Waals surface area contributed by atoms with Gasteiger partial charge in [0, 0.05) is 30.8 Å². The highest BCUT2D eigenvalue weighted by molar-refractivity contribution is 5.75. The van der Waals surface area contributed by atoms with Gasteiger partial charge in [-0.05, 0) is 30.7 Å². The molecule has 0 spiro atoms. The number of para-hydroxylation sites is 1. The molecule has 132 valence electrons. The summed E-state index contributed by atoms with van der Waals surface area (Å²) in [6.07, 6.45) is 1.08. The molecule has 0 bridgehead atoms. The third-order valence-electron chi connectivity index (χ3n) is 3.42. The van der Waals surface area contributed by atoms with Crippen LogP contribution in [0.25, 0.3) is 0 Å². The molecule has 2 aromatic carbocycles. The Bertz CT molecular complexity index is 674. The van der Waals surface area contributed by atoms with E-state index in [1.807, 2.05) is 30.3 Å². The molecule has 25 heavy (non-hydrogen) atoms. The van der Waals surface area contributed by atoms with E-state index in [0.717, 1.165) is 11.4 Å². The van der Waals surface area contributed by atoms with E-state index < -0.39 is 4.92 Å². The van der Waals surface area contributed by atoms with E-state index in [9.17, 15) is 14.9 Å². The molecule has 0 heterocycles. The number of benzene rings is 2. The van der Waals surface area contributed by atoms with Crippen molar-refractivity contribution >= 4 is 17.3 Å². The van der Waals surface area contributed by atoms with Crippen molar-refractivity contribution in [3.05, 3.63) is 64.7 Å². The summed E-state index contributed by atoms with van der Waals surface area (Å²) in [5.74, 6) is 0.756. The lowest BCUT2D eigenvalue weighted by molar-refractivity contribution is -0.384. The first-order valence-electron chi connectivity index (χ1n) is 8.08. The van der Waals surface area contributed by atoms with Gasteiger partial charge in [0.25, 0.3) is 5.69 Å². The van der Waals surface area contributed by atoms with Crippen molar-refractivity contribution in [1.82, 2.24) is 5.32 Å². The molecule has 0 aliphatic rings. The van der Waals surface area contributed by atoms with Gasteiger partial charge in [0.05, 0.1) is 11.5 Å². The number of anilines is 1. The number of amides is 1. The van der Waals surface area contributed by atoms with Crippen molar-refractivity contribution in [3.8, 4) is 5.75 Å². The molecule has 1 amide bonds. The van der Waals surface area contributed by atoms with Gasteiger partial charge in [0.2, 0.25) is 5.91 Å². The number of carbonyl (C=O) groups is 1. The van der Waals surface area contributed by atoms with Gasteiger partial charge in [-0.15, -0.1) is 0 Å². The maximum Gasteiger partial charge on any atom is 0.269 e. The summed E-state index contributed by atoms with van der Waals surface area (Å²) in [5.41, 5.74) is 0.852. The number of nitrogens with one attached hydrogen (secondary N) is 2. The van der Waals surface area contributed by atoms with Gasteiger partial charge in [-0.2, -0.15) is 0 Å². The van der Waals surface area contributed by atoms with Crippen LogP contribution in [0.15, 0.2) is 54.6 Å². The molecule has 0 fully saturated rings. The number of ether oxygens (including phenoxy) is 1. The molecule has 0 saturated carbocycles. The van der Waals surface area contributed by atoms with E-state index in [-0.39, 0.29) is 11.6 Å². The quantitative estimate of drug-likeness (QED) is 0.393. The number of hydrogen-bond donors (Lipinski definition) is 2. The van der Waals surface area contributed by atoms with Gasteiger partial charge in [-0.1, -0.05) is 18.2 Å². The lowest BCUT2D eigenvalue weighted by Gasteiger charge is -2.08. The van der Waals surface area contributed by atoms with Gasteiger partial charge in [0.1, 0.15) is 12.4 Å². The predicted octanol–water partition coefficient (Wildman–Crippen LogP) is 2.98. The molecule has 2 rings (SSSR count). The Morgan fingerprint density at radius 1 is 1.04 bits per heavy atom. The van der Waals surface area contributed by atoms with Crippen molar-refractivity contribution in [2.45, 2.75) is 12.8 Å². The van der Waals surface area contributed by atoms with Crippen molar-refractivity contribution < 1.29 is 14.5 Å². The monoisotopic (exact) mass is 343 g/mol. The minimum Gasteiger partial charge on any atom is -0.492 e. The van der Waals surface area contributed by atoms with E-state index >= 15 is 0 Å². The van der Waals surface area contributed by atoms with Crippen LogP contribution < -0.4 is 15.4 Å². The lowest BCUT2D eigenvalue weighted by Crippen LogP contribution is -2.28. The van der Waals surface area contributed by atoms with Crippen LogP contribution in [0.5, 0.6) is 5.75 Å². The number of hydrogen-bond acceptors (Lipinski definition) is 5. The van der Waals surface area contributed by atoms with Crippen molar-refractivity contribution in [2.24, 2.45) is 0 Å². The molecule has 0 radical (unpaired) electrons. The Labute approximate surface area is 146 Å². The molecule has 0 aliphatic carbocycles. The summed E-state index contributed by atoms with van der Waals surface area (Å²) in [4.78, 5) is 21.8. The summed E-state index contributed by atoms with van der Waals surface area (Å²) in [6, 6.07) is 15.6. The van der Waals surface area contributed by atoms with Crippen molar-refractivity contribution in [3.63, 3.8) is 0 Å². The molecular weight excluding hydrogens is 322 g/mol. The first kappa shape index (κ1) is 18.3. The topological polar surface area (TPSA) is 93.5 Å². The number of nitrogens with zero attached hydrogens (tertiary/aromatic N) is 1. The Kier molecular flexibility index (Phi) is 7.24. The van der Waals surface area contributed by atoms with Gasteiger partial charge in [-0.3, -0.25) is 14.9 Å². The standard InChI is InChI=1S/C18H21N3O4/c22-18(20-13-14-25-17-5-2-1-3-6-17)7-4-12-19-15-8-10-16(11-9-15)21(23)24/h1-3,5-6,8-11,19H,4,7,12-14H2,(H,20,22). The Hall–Kier alpha value is -3.09. The van der Waals surface area contributed by atoms with E-state index in [2.05, 4.69) is 10.6 Å². The molecule has 7 heteroatoms. The molecule has 0 aliphatic heterocycles. The maximum atomic E-state index is 11.7. The Balaban J connectivity index is 1.54. The fourth-order valence-corrected chi connectivity index (χ4v) is 2.15. The second kappa shape index (κ2) is 9.92. The predicted molar refractivity (Wildman–Crippen MR) is 95.8 cm³/mol. The van der Waals surface area contributed by atoms with Crippen LogP contribution in [0.2, 0.25) is 0 Å². The number of carbonyl (C=O) groups excluding carboxylic acids is 1. The molecule has 2 aromatic rings. The third-order valence-corrected chi connectivity index (χ3v) is 3.42. The van der Waals surface area contributed by atoms with Crippen LogP contribution in [-0.4, -0.2) is 30.5 Å². The first-order chi connectivity index (χ1) is 12.1. The van der Waals surface area contributed by atoms with Crippen LogP contribution in [0, 0.1) is 10.1 Å². The SMILES string of the molecule is O=C(CCCNc1ccc([N+](=O)[O-])cc1)NCCOc1ccccc1. The summed E-state index contributed by atoms with van der Waals surface area (Å²) in [6.45, 7) is 1.51. The zero-order valence-electron chi connectivity index (χ0n) is 13.8. The van der Waals surface area contributed by atoms with Gasteiger partial charge in [0.15, 0.2) is 0 Å². The highest BCUT2D eigenvalue weighted by atomic mass is 16.6. The van der Waals surface area contributed by atoms with Crippen LogP contribution in [0.1, 0.15) is 12.8 Å². The summed E-state index contributed by atoms with van der Waals surface area (Å²) < 4.78 is 5.49. The Morgan fingerprint density at radius 2 is 1.76 bits per heavy atom. The number of nitro benzene ring substituents is 1. The average molecular weight is 343 g/mol.